The summed E-state index contributed by atoms with van der Waals surface area (Å²) in [5.41, 5.74) is 0. The molecule has 0 saturated carbocycles. The van der Waals surface area contributed by atoms with Gasteiger partial charge in [-0.15, -0.1) is 5.10 Å². The Morgan fingerprint density at radius 2 is 1.95 bits per heavy atom. The molecule has 120 valence electrons. The third-order valence-corrected chi connectivity index (χ3v) is 4.21. The third-order valence-electron chi connectivity index (χ3n) is 2.76. The van der Waals surface area contributed by atoms with Crippen LogP contribution in [0.3, 0.4) is 0 Å². The van der Waals surface area contributed by atoms with Crippen molar-refractivity contribution in [3.8, 4) is 0 Å². The minimum atomic E-state index is -3.62. The molecule has 0 bridgehead atoms. The van der Waals surface area contributed by atoms with Gasteiger partial charge in [0.2, 0.25) is 9.84 Å². The Labute approximate surface area is 125 Å². The zero-order valence-corrected chi connectivity index (χ0v) is 13.5. The van der Waals surface area contributed by atoms with Gasteiger partial charge in [-0.1, -0.05) is 13.8 Å². The number of ether oxygens (including phenoxy) is 1. The van der Waals surface area contributed by atoms with E-state index in [4.69, 9.17) is 4.74 Å². The van der Waals surface area contributed by atoms with Gasteiger partial charge in [0.25, 0.3) is 5.16 Å². The standard InChI is InChI=1S/C12H22N4O4S/c1-4-6-15(7-5-2)12(17)16-10-13-11(14-16)21(18,19)9-8-20-3/h10H,4-9H2,1-3H3. The summed E-state index contributed by atoms with van der Waals surface area (Å²) in [5.74, 6) is -0.213. The molecule has 0 aliphatic carbocycles. The van der Waals surface area contributed by atoms with Crippen LogP contribution >= 0.6 is 0 Å². The molecule has 0 atom stereocenters. The average Bonchev–Trinajstić information content (AvgIpc) is 2.95. The zero-order chi connectivity index (χ0) is 15.9. The van der Waals surface area contributed by atoms with Crippen molar-refractivity contribution in [1.29, 1.82) is 0 Å². The van der Waals surface area contributed by atoms with Gasteiger partial charge in [-0.25, -0.2) is 18.2 Å². The second kappa shape index (κ2) is 8.08. The second-order valence-corrected chi connectivity index (χ2v) is 6.56. The van der Waals surface area contributed by atoms with E-state index < -0.39 is 9.84 Å². The fraction of sp³-hybridized carbons (Fsp3) is 0.750. The van der Waals surface area contributed by atoms with Crippen LogP contribution < -0.4 is 0 Å². The molecule has 0 aliphatic rings. The van der Waals surface area contributed by atoms with Gasteiger partial charge >= 0.3 is 6.03 Å². The third kappa shape index (κ3) is 4.78. The molecule has 0 aliphatic heterocycles. The minimum Gasteiger partial charge on any atom is -0.384 e. The van der Waals surface area contributed by atoms with E-state index >= 15 is 0 Å². The van der Waals surface area contributed by atoms with Gasteiger partial charge in [-0.05, 0) is 12.8 Å². The van der Waals surface area contributed by atoms with E-state index in [1.54, 1.807) is 4.90 Å². The molecule has 1 aromatic heterocycles. The maximum absolute atomic E-state index is 12.2. The summed E-state index contributed by atoms with van der Waals surface area (Å²) in [6.45, 7) is 5.19. The molecule has 0 unspecified atom stereocenters. The van der Waals surface area contributed by atoms with E-state index in [-0.39, 0.29) is 23.5 Å². The van der Waals surface area contributed by atoms with Crippen molar-refractivity contribution in [2.45, 2.75) is 31.8 Å². The smallest absolute Gasteiger partial charge is 0.346 e. The summed E-state index contributed by atoms with van der Waals surface area (Å²) >= 11 is 0. The maximum Gasteiger partial charge on any atom is 0.346 e. The van der Waals surface area contributed by atoms with Crippen LogP contribution in [-0.2, 0) is 14.6 Å². The normalized spacial score (nSPS) is 11.6. The highest BCUT2D eigenvalue weighted by molar-refractivity contribution is 7.91. The van der Waals surface area contributed by atoms with Crippen LogP contribution in [0.15, 0.2) is 11.5 Å². The number of rotatable bonds is 8. The molecule has 9 heteroatoms. The van der Waals surface area contributed by atoms with Gasteiger partial charge in [-0.3, -0.25) is 0 Å². The number of amides is 1. The number of carbonyl (C=O) groups is 1. The van der Waals surface area contributed by atoms with Crippen LogP contribution in [0.2, 0.25) is 0 Å². The van der Waals surface area contributed by atoms with Gasteiger partial charge < -0.3 is 9.64 Å². The van der Waals surface area contributed by atoms with Crippen LogP contribution in [0.1, 0.15) is 26.7 Å². The fourth-order valence-corrected chi connectivity index (χ4v) is 2.74. The highest BCUT2D eigenvalue weighted by Crippen LogP contribution is 2.06. The summed E-state index contributed by atoms with van der Waals surface area (Å²) in [6.07, 6.45) is 2.78. The maximum atomic E-state index is 12.2. The molecule has 1 amide bonds. The Hall–Kier alpha value is -1.48. The zero-order valence-electron chi connectivity index (χ0n) is 12.7. The first-order valence-electron chi connectivity index (χ1n) is 6.88. The Kier molecular flexibility index (Phi) is 6.76. The summed E-state index contributed by atoms with van der Waals surface area (Å²) in [5, 5.41) is 3.44. The van der Waals surface area contributed by atoms with E-state index in [1.165, 1.54) is 7.11 Å². The number of sulfone groups is 1. The molecule has 0 radical (unpaired) electrons. The number of hydrogen-bond acceptors (Lipinski definition) is 6. The highest BCUT2D eigenvalue weighted by atomic mass is 32.2. The van der Waals surface area contributed by atoms with Gasteiger partial charge in [0.05, 0.1) is 12.4 Å². The first-order chi connectivity index (χ1) is 9.96. The number of nitrogens with zero attached hydrogens (tertiary/aromatic N) is 4. The number of hydrogen-bond donors (Lipinski definition) is 0. The van der Waals surface area contributed by atoms with E-state index in [2.05, 4.69) is 10.1 Å². The molecule has 1 aromatic rings. The number of aromatic nitrogens is 3. The Bertz CT molecular complexity index is 549. The summed E-state index contributed by atoms with van der Waals surface area (Å²) in [7, 11) is -2.21. The lowest BCUT2D eigenvalue weighted by atomic mass is 10.4. The SMILES string of the molecule is CCCN(CCC)C(=O)n1cnc(S(=O)(=O)CCOC)n1. The molecular weight excluding hydrogens is 296 g/mol. The summed E-state index contributed by atoms with van der Waals surface area (Å²) in [6, 6.07) is -0.362. The molecule has 0 N–H and O–H groups in total. The van der Waals surface area contributed by atoms with E-state index in [9.17, 15) is 13.2 Å². The fourth-order valence-electron chi connectivity index (χ4n) is 1.75. The topological polar surface area (TPSA) is 94.4 Å². The Morgan fingerprint density at radius 1 is 1.33 bits per heavy atom. The van der Waals surface area contributed by atoms with Crippen molar-refractivity contribution in [2.75, 3.05) is 32.6 Å². The second-order valence-electron chi connectivity index (χ2n) is 4.55. The molecule has 1 rings (SSSR count). The van der Waals surface area contributed by atoms with E-state index in [0.717, 1.165) is 23.9 Å². The van der Waals surface area contributed by atoms with Crippen molar-refractivity contribution in [3.05, 3.63) is 6.33 Å². The van der Waals surface area contributed by atoms with E-state index in [1.807, 2.05) is 13.8 Å². The average molecular weight is 318 g/mol. The lowest BCUT2D eigenvalue weighted by molar-refractivity contribution is 0.196. The van der Waals surface area contributed by atoms with Gasteiger partial charge in [0.15, 0.2) is 0 Å². The van der Waals surface area contributed by atoms with E-state index in [0.29, 0.717) is 13.1 Å². The highest BCUT2D eigenvalue weighted by Gasteiger charge is 2.22. The molecule has 0 aromatic carbocycles. The van der Waals surface area contributed by atoms with Crippen molar-refractivity contribution in [2.24, 2.45) is 0 Å². The molecule has 0 fully saturated rings. The monoisotopic (exact) mass is 318 g/mol. The molecular formula is C12H22N4O4S. The minimum absolute atomic E-state index is 0.0581. The molecule has 1 heterocycles. The largest absolute Gasteiger partial charge is 0.384 e. The first-order valence-corrected chi connectivity index (χ1v) is 8.54. The lowest BCUT2D eigenvalue weighted by Crippen LogP contribution is -2.36. The number of methoxy groups -OCH3 is 1. The summed E-state index contributed by atoms with van der Waals surface area (Å²) in [4.78, 5) is 17.6. The van der Waals surface area contributed by atoms with Crippen molar-refractivity contribution in [3.63, 3.8) is 0 Å². The van der Waals surface area contributed by atoms with Crippen LogP contribution in [0.5, 0.6) is 0 Å². The Balaban J connectivity index is 2.89. The first kappa shape index (κ1) is 17.6. The van der Waals surface area contributed by atoms with Crippen molar-refractivity contribution in [1.82, 2.24) is 19.7 Å². The van der Waals surface area contributed by atoms with Crippen LogP contribution in [0.25, 0.3) is 0 Å². The van der Waals surface area contributed by atoms with Crippen LogP contribution in [0, 0.1) is 0 Å². The van der Waals surface area contributed by atoms with Crippen molar-refractivity contribution < 1.29 is 17.9 Å². The molecule has 0 saturated heterocycles. The molecule has 8 nitrogen and oxygen atoms in total. The quantitative estimate of drug-likeness (QED) is 0.703. The van der Waals surface area contributed by atoms with Gasteiger partial charge in [0, 0.05) is 20.2 Å². The van der Waals surface area contributed by atoms with Crippen LogP contribution in [0.4, 0.5) is 4.79 Å². The predicted octanol–water partition coefficient (Wildman–Crippen LogP) is 0.788. The summed E-state index contributed by atoms with van der Waals surface area (Å²) < 4.78 is 29.5. The van der Waals surface area contributed by atoms with Crippen LogP contribution in [-0.4, -0.2) is 66.7 Å². The van der Waals surface area contributed by atoms with Gasteiger partial charge in [-0.2, -0.15) is 4.68 Å². The molecule has 21 heavy (non-hydrogen) atoms. The molecule has 0 spiro atoms. The van der Waals surface area contributed by atoms with Gasteiger partial charge in [0.1, 0.15) is 6.33 Å². The number of carbonyl (C=O) groups excluding carboxylic acids is 1. The lowest BCUT2D eigenvalue weighted by Gasteiger charge is -2.20. The van der Waals surface area contributed by atoms with Crippen molar-refractivity contribution >= 4 is 15.9 Å². The Morgan fingerprint density at radius 3 is 2.48 bits per heavy atom. The predicted molar refractivity (Wildman–Crippen MR) is 76.9 cm³/mol.